The van der Waals surface area contributed by atoms with Crippen LogP contribution in [0.4, 0.5) is 0 Å². The Bertz CT molecular complexity index is 477. The molecule has 1 unspecified atom stereocenters. The fourth-order valence-electron chi connectivity index (χ4n) is 1.83. The minimum Gasteiger partial charge on any atom is -0.324 e. The van der Waals surface area contributed by atoms with Crippen LogP contribution in [0.15, 0.2) is 24.3 Å². The van der Waals surface area contributed by atoms with Crippen molar-refractivity contribution >= 4 is 0 Å². The first-order valence-electron chi connectivity index (χ1n) is 5.26. The number of hydrogen-bond donors (Lipinski definition) is 1. The van der Waals surface area contributed by atoms with Crippen LogP contribution in [0.25, 0.3) is 0 Å². The molecule has 0 saturated carbocycles. The zero-order valence-electron chi connectivity index (χ0n) is 9.46. The summed E-state index contributed by atoms with van der Waals surface area (Å²) >= 11 is 0. The van der Waals surface area contributed by atoms with E-state index in [1.54, 1.807) is 4.68 Å². The second-order valence-corrected chi connectivity index (χ2v) is 3.78. The van der Waals surface area contributed by atoms with Crippen LogP contribution < -0.4 is 5.73 Å². The summed E-state index contributed by atoms with van der Waals surface area (Å²) in [4.78, 5) is 0. The summed E-state index contributed by atoms with van der Waals surface area (Å²) in [5.74, 6) is 0.704. The van der Waals surface area contributed by atoms with Crippen LogP contribution in [0.3, 0.4) is 0 Å². The average molecular weight is 217 g/mol. The molecule has 0 radical (unpaired) electrons. The zero-order chi connectivity index (χ0) is 11.5. The van der Waals surface area contributed by atoms with Gasteiger partial charge in [-0.25, -0.2) is 4.68 Å². The first-order valence-corrected chi connectivity index (χ1v) is 5.26. The van der Waals surface area contributed by atoms with E-state index in [0.717, 1.165) is 0 Å². The summed E-state index contributed by atoms with van der Waals surface area (Å²) in [6.45, 7) is 4.50. The SMILES string of the molecule is Cc1ccccc1C(C)n1nnnc1CN. The van der Waals surface area contributed by atoms with Crippen molar-refractivity contribution in [1.82, 2.24) is 20.2 Å². The fraction of sp³-hybridized carbons (Fsp3) is 0.364. The molecule has 0 spiro atoms. The lowest BCUT2D eigenvalue weighted by molar-refractivity contribution is 0.519. The highest BCUT2D eigenvalue weighted by Gasteiger charge is 2.14. The molecule has 5 nitrogen and oxygen atoms in total. The second kappa shape index (κ2) is 4.40. The van der Waals surface area contributed by atoms with Crippen LogP contribution in [0.1, 0.15) is 29.9 Å². The van der Waals surface area contributed by atoms with Crippen LogP contribution in [0.2, 0.25) is 0 Å². The largest absolute Gasteiger partial charge is 0.324 e. The van der Waals surface area contributed by atoms with E-state index in [1.807, 2.05) is 12.1 Å². The molecule has 5 heteroatoms. The van der Waals surface area contributed by atoms with Crippen molar-refractivity contribution < 1.29 is 0 Å². The normalized spacial score (nSPS) is 12.7. The minimum absolute atomic E-state index is 0.106. The molecule has 0 bridgehead atoms. The third-order valence-corrected chi connectivity index (χ3v) is 2.75. The van der Waals surface area contributed by atoms with Gasteiger partial charge in [0.05, 0.1) is 12.6 Å². The first kappa shape index (κ1) is 10.8. The maximum atomic E-state index is 5.59. The third-order valence-electron chi connectivity index (χ3n) is 2.75. The Labute approximate surface area is 94.3 Å². The number of tetrazole rings is 1. The van der Waals surface area contributed by atoms with E-state index in [4.69, 9.17) is 5.73 Å². The van der Waals surface area contributed by atoms with E-state index in [1.165, 1.54) is 11.1 Å². The Balaban J connectivity index is 2.39. The number of benzene rings is 1. The van der Waals surface area contributed by atoms with Gasteiger partial charge in [0.25, 0.3) is 0 Å². The molecule has 84 valence electrons. The maximum absolute atomic E-state index is 5.59. The van der Waals surface area contributed by atoms with Crippen LogP contribution in [0, 0.1) is 6.92 Å². The summed E-state index contributed by atoms with van der Waals surface area (Å²) in [5, 5.41) is 11.5. The van der Waals surface area contributed by atoms with Crippen molar-refractivity contribution in [2.75, 3.05) is 0 Å². The highest BCUT2D eigenvalue weighted by Crippen LogP contribution is 2.20. The lowest BCUT2D eigenvalue weighted by Crippen LogP contribution is -2.15. The van der Waals surface area contributed by atoms with E-state index < -0.39 is 0 Å². The lowest BCUT2D eigenvalue weighted by atomic mass is 10.0. The number of aryl methyl sites for hydroxylation is 1. The lowest BCUT2D eigenvalue weighted by Gasteiger charge is -2.15. The van der Waals surface area contributed by atoms with Crippen LogP contribution >= 0.6 is 0 Å². The smallest absolute Gasteiger partial charge is 0.165 e. The number of nitrogens with two attached hydrogens (primary N) is 1. The molecule has 2 aromatic rings. The molecule has 0 aliphatic rings. The van der Waals surface area contributed by atoms with Gasteiger partial charge in [-0.1, -0.05) is 24.3 Å². The van der Waals surface area contributed by atoms with E-state index in [0.29, 0.717) is 12.4 Å². The molecule has 1 aromatic heterocycles. The standard InChI is InChI=1S/C11H15N5/c1-8-5-3-4-6-10(8)9(2)16-11(7-12)13-14-15-16/h3-6,9H,7,12H2,1-2H3. The summed E-state index contributed by atoms with van der Waals surface area (Å²) in [5.41, 5.74) is 8.03. The van der Waals surface area contributed by atoms with Gasteiger partial charge in [0.15, 0.2) is 5.82 Å². The van der Waals surface area contributed by atoms with Gasteiger partial charge >= 0.3 is 0 Å². The second-order valence-electron chi connectivity index (χ2n) is 3.78. The Morgan fingerprint density at radius 1 is 1.38 bits per heavy atom. The van der Waals surface area contributed by atoms with Gasteiger partial charge in [0, 0.05) is 0 Å². The van der Waals surface area contributed by atoms with Gasteiger partial charge in [-0.15, -0.1) is 5.10 Å². The molecule has 2 N–H and O–H groups in total. The van der Waals surface area contributed by atoms with Crippen molar-refractivity contribution in [2.24, 2.45) is 5.73 Å². The van der Waals surface area contributed by atoms with E-state index in [9.17, 15) is 0 Å². The summed E-state index contributed by atoms with van der Waals surface area (Å²) < 4.78 is 1.77. The molecular formula is C11H15N5. The van der Waals surface area contributed by atoms with Crippen molar-refractivity contribution in [3.8, 4) is 0 Å². The van der Waals surface area contributed by atoms with Gasteiger partial charge in [-0.3, -0.25) is 0 Å². The van der Waals surface area contributed by atoms with Crippen molar-refractivity contribution in [2.45, 2.75) is 26.4 Å². The molecule has 16 heavy (non-hydrogen) atoms. The number of aromatic nitrogens is 4. The monoisotopic (exact) mass is 217 g/mol. The number of rotatable bonds is 3. The Hall–Kier alpha value is -1.75. The van der Waals surface area contributed by atoms with Gasteiger partial charge < -0.3 is 5.73 Å². The molecule has 0 aliphatic heterocycles. The minimum atomic E-state index is 0.106. The highest BCUT2D eigenvalue weighted by molar-refractivity contribution is 5.28. The van der Waals surface area contributed by atoms with Crippen LogP contribution in [0.5, 0.6) is 0 Å². The molecular weight excluding hydrogens is 202 g/mol. The molecule has 2 rings (SSSR count). The summed E-state index contributed by atoms with van der Waals surface area (Å²) in [6, 6.07) is 8.32. The van der Waals surface area contributed by atoms with Gasteiger partial charge in [0.1, 0.15) is 0 Å². The summed E-state index contributed by atoms with van der Waals surface area (Å²) in [7, 11) is 0. The Kier molecular flexibility index (Phi) is 2.96. The molecule has 0 aliphatic carbocycles. The Morgan fingerprint density at radius 3 is 2.81 bits per heavy atom. The zero-order valence-corrected chi connectivity index (χ0v) is 9.46. The van der Waals surface area contributed by atoms with Crippen molar-refractivity contribution in [3.63, 3.8) is 0 Å². The number of hydrogen-bond acceptors (Lipinski definition) is 4. The fourth-order valence-corrected chi connectivity index (χ4v) is 1.83. The molecule has 1 atom stereocenters. The van der Waals surface area contributed by atoms with Gasteiger partial charge in [0.2, 0.25) is 0 Å². The highest BCUT2D eigenvalue weighted by atomic mass is 15.5. The third kappa shape index (κ3) is 1.81. The van der Waals surface area contributed by atoms with E-state index in [2.05, 4.69) is 41.5 Å². The molecule has 0 fully saturated rings. The predicted molar refractivity (Wildman–Crippen MR) is 60.7 cm³/mol. The topological polar surface area (TPSA) is 69.6 Å². The van der Waals surface area contributed by atoms with Crippen LogP contribution in [-0.4, -0.2) is 20.2 Å². The Morgan fingerprint density at radius 2 is 2.12 bits per heavy atom. The number of nitrogens with zero attached hydrogens (tertiary/aromatic N) is 4. The van der Waals surface area contributed by atoms with Crippen molar-refractivity contribution in [3.05, 3.63) is 41.2 Å². The predicted octanol–water partition coefficient (Wildman–Crippen LogP) is 1.05. The van der Waals surface area contributed by atoms with E-state index in [-0.39, 0.29) is 6.04 Å². The van der Waals surface area contributed by atoms with Gasteiger partial charge in [-0.05, 0) is 35.4 Å². The molecule has 1 aromatic carbocycles. The quantitative estimate of drug-likeness (QED) is 0.834. The first-order chi connectivity index (χ1) is 7.74. The van der Waals surface area contributed by atoms with Crippen molar-refractivity contribution in [1.29, 1.82) is 0 Å². The van der Waals surface area contributed by atoms with Gasteiger partial charge in [-0.2, -0.15) is 0 Å². The summed E-state index contributed by atoms with van der Waals surface area (Å²) in [6.07, 6.45) is 0. The van der Waals surface area contributed by atoms with Crippen LogP contribution in [-0.2, 0) is 6.54 Å². The maximum Gasteiger partial charge on any atom is 0.165 e. The average Bonchev–Trinajstić information content (AvgIpc) is 2.77. The molecule has 1 heterocycles. The van der Waals surface area contributed by atoms with E-state index >= 15 is 0 Å². The molecule has 0 amide bonds. The molecule has 0 saturated heterocycles.